The highest BCUT2D eigenvalue weighted by molar-refractivity contribution is 5.77. The van der Waals surface area contributed by atoms with Gasteiger partial charge in [0.2, 0.25) is 5.91 Å². The van der Waals surface area contributed by atoms with E-state index < -0.39 is 6.04 Å². The Balaban J connectivity index is 2.57. The van der Waals surface area contributed by atoms with Crippen molar-refractivity contribution in [2.45, 2.75) is 19.4 Å². The maximum absolute atomic E-state index is 10.7. The fourth-order valence-electron chi connectivity index (χ4n) is 1.26. The van der Waals surface area contributed by atoms with Crippen molar-refractivity contribution >= 4 is 12.2 Å². The highest BCUT2D eigenvalue weighted by Gasteiger charge is 2.08. The van der Waals surface area contributed by atoms with Gasteiger partial charge >= 0.3 is 0 Å². The molecule has 0 spiro atoms. The first-order valence-corrected chi connectivity index (χ1v) is 4.48. The summed E-state index contributed by atoms with van der Waals surface area (Å²) in [7, 11) is 0. The first-order valence-electron chi connectivity index (χ1n) is 4.48. The fourth-order valence-corrected chi connectivity index (χ4v) is 1.26. The van der Waals surface area contributed by atoms with E-state index in [1.54, 1.807) is 0 Å². The Morgan fingerprint density at radius 3 is 2.57 bits per heavy atom. The molecule has 0 fully saturated rings. The Morgan fingerprint density at radius 1 is 1.43 bits per heavy atom. The third kappa shape index (κ3) is 3.39. The molecule has 1 N–H and O–H groups in total. The zero-order valence-electron chi connectivity index (χ0n) is 8.07. The number of carbonyl (C=O) groups is 2. The summed E-state index contributed by atoms with van der Waals surface area (Å²) in [6.45, 7) is 1.40. The molecule has 1 atom stereocenters. The summed E-state index contributed by atoms with van der Waals surface area (Å²) in [4.78, 5) is 21.4. The van der Waals surface area contributed by atoms with E-state index in [1.807, 2.05) is 30.3 Å². The van der Waals surface area contributed by atoms with Gasteiger partial charge in [-0.25, -0.2) is 0 Å². The molecule has 0 saturated heterocycles. The van der Waals surface area contributed by atoms with E-state index in [4.69, 9.17) is 0 Å². The molecule has 0 saturated carbocycles. The van der Waals surface area contributed by atoms with Crippen LogP contribution in [-0.2, 0) is 16.0 Å². The highest BCUT2D eigenvalue weighted by atomic mass is 16.2. The Labute approximate surface area is 83.1 Å². The lowest BCUT2D eigenvalue weighted by Gasteiger charge is -2.10. The molecule has 0 radical (unpaired) electrons. The lowest BCUT2D eigenvalue weighted by atomic mass is 10.1. The van der Waals surface area contributed by atoms with Crippen LogP contribution in [0.2, 0.25) is 0 Å². The Hall–Kier alpha value is -1.64. The largest absolute Gasteiger partial charge is 0.346 e. The number of carbonyl (C=O) groups excluding carboxylic acids is 2. The van der Waals surface area contributed by atoms with Crippen LogP contribution in [-0.4, -0.2) is 18.2 Å². The quantitative estimate of drug-likeness (QED) is 0.720. The van der Waals surface area contributed by atoms with Crippen LogP contribution in [0.15, 0.2) is 30.3 Å². The van der Waals surface area contributed by atoms with Gasteiger partial charge in [-0.1, -0.05) is 30.3 Å². The fraction of sp³-hybridized carbons (Fsp3) is 0.273. The number of rotatable bonds is 4. The maximum atomic E-state index is 10.7. The molecular formula is C11H13NO2. The summed E-state index contributed by atoms with van der Waals surface area (Å²) in [5.74, 6) is -0.182. The monoisotopic (exact) mass is 191 g/mol. The predicted molar refractivity (Wildman–Crippen MR) is 53.8 cm³/mol. The molecule has 1 aromatic rings. The van der Waals surface area contributed by atoms with Crippen molar-refractivity contribution in [2.24, 2.45) is 0 Å². The molecule has 1 aromatic carbocycles. The van der Waals surface area contributed by atoms with Gasteiger partial charge in [0.05, 0.1) is 6.04 Å². The van der Waals surface area contributed by atoms with E-state index >= 15 is 0 Å². The Kier molecular flexibility index (Phi) is 3.85. The number of hydrogen-bond acceptors (Lipinski definition) is 2. The number of nitrogens with one attached hydrogen (secondary N) is 1. The number of amides is 1. The van der Waals surface area contributed by atoms with Crippen LogP contribution in [0, 0.1) is 0 Å². The van der Waals surface area contributed by atoms with E-state index in [1.165, 1.54) is 6.92 Å². The van der Waals surface area contributed by atoms with E-state index in [2.05, 4.69) is 5.32 Å². The van der Waals surface area contributed by atoms with Crippen molar-refractivity contribution in [3.63, 3.8) is 0 Å². The van der Waals surface area contributed by atoms with Gasteiger partial charge in [-0.2, -0.15) is 0 Å². The van der Waals surface area contributed by atoms with Crippen LogP contribution in [0.25, 0.3) is 0 Å². The topological polar surface area (TPSA) is 46.2 Å². The molecule has 0 heterocycles. The summed E-state index contributed by atoms with van der Waals surface area (Å²) in [5, 5.41) is 2.57. The molecule has 1 amide bonds. The van der Waals surface area contributed by atoms with Crippen molar-refractivity contribution in [3.05, 3.63) is 35.9 Å². The minimum absolute atomic E-state index is 0.182. The van der Waals surface area contributed by atoms with Gasteiger partial charge in [0, 0.05) is 6.92 Å². The van der Waals surface area contributed by atoms with Crippen LogP contribution in [0.1, 0.15) is 12.5 Å². The number of benzene rings is 1. The second kappa shape index (κ2) is 5.17. The minimum Gasteiger partial charge on any atom is -0.346 e. The summed E-state index contributed by atoms with van der Waals surface area (Å²) < 4.78 is 0. The van der Waals surface area contributed by atoms with Crippen molar-refractivity contribution in [1.82, 2.24) is 5.32 Å². The van der Waals surface area contributed by atoms with Crippen LogP contribution in [0.5, 0.6) is 0 Å². The smallest absolute Gasteiger partial charge is 0.217 e. The van der Waals surface area contributed by atoms with Crippen LogP contribution < -0.4 is 5.32 Å². The average molecular weight is 191 g/mol. The summed E-state index contributed by atoms with van der Waals surface area (Å²) >= 11 is 0. The lowest BCUT2D eigenvalue weighted by molar-refractivity contribution is -0.122. The third-order valence-corrected chi connectivity index (χ3v) is 1.85. The summed E-state index contributed by atoms with van der Waals surface area (Å²) in [5.41, 5.74) is 1.04. The lowest BCUT2D eigenvalue weighted by Crippen LogP contribution is -2.35. The minimum atomic E-state index is -0.421. The molecule has 3 nitrogen and oxygen atoms in total. The molecule has 74 valence electrons. The van der Waals surface area contributed by atoms with Crippen LogP contribution in [0.3, 0.4) is 0 Å². The van der Waals surface area contributed by atoms with Gasteiger partial charge in [-0.05, 0) is 12.0 Å². The molecule has 0 aliphatic rings. The van der Waals surface area contributed by atoms with Crippen LogP contribution in [0.4, 0.5) is 0 Å². The second-order valence-corrected chi connectivity index (χ2v) is 3.13. The van der Waals surface area contributed by atoms with Crippen molar-refractivity contribution in [2.75, 3.05) is 0 Å². The zero-order chi connectivity index (χ0) is 10.4. The zero-order valence-corrected chi connectivity index (χ0v) is 8.07. The third-order valence-electron chi connectivity index (χ3n) is 1.85. The van der Waals surface area contributed by atoms with Gasteiger partial charge in [0.1, 0.15) is 6.29 Å². The first-order chi connectivity index (χ1) is 6.72. The van der Waals surface area contributed by atoms with Gasteiger partial charge in [0.15, 0.2) is 0 Å². The standard InChI is InChI=1S/C11H13NO2/c1-9(14)12-11(8-13)7-10-5-3-2-4-6-10/h2-6,8,11H,7H2,1H3,(H,12,14). The molecule has 0 aliphatic heterocycles. The predicted octanol–water partition coefficient (Wildman–Crippen LogP) is 0.933. The van der Waals surface area contributed by atoms with Gasteiger partial charge in [0.25, 0.3) is 0 Å². The number of hydrogen-bond donors (Lipinski definition) is 1. The van der Waals surface area contributed by atoms with Gasteiger partial charge in [-0.3, -0.25) is 4.79 Å². The van der Waals surface area contributed by atoms with Gasteiger partial charge in [-0.15, -0.1) is 0 Å². The second-order valence-electron chi connectivity index (χ2n) is 3.13. The van der Waals surface area contributed by atoms with Crippen molar-refractivity contribution in [3.8, 4) is 0 Å². The first kappa shape index (κ1) is 10.4. The normalized spacial score (nSPS) is 11.8. The van der Waals surface area contributed by atoms with E-state index in [0.717, 1.165) is 11.8 Å². The van der Waals surface area contributed by atoms with E-state index in [9.17, 15) is 9.59 Å². The molecule has 1 rings (SSSR count). The van der Waals surface area contributed by atoms with Crippen molar-refractivity contribution < 1.29 is 9.59 Å². The summed E-state index contributed by atoms with van der Waals surface area (Å²) in [6, 6.07) is 9.17. The van der Waals surface area contributed by atoms with Crippen molar-refractivity contribution in [1.29, 1.82) is 0 Å². The SMILES string of the molecule is CC(=O)NC(C=O)Cc1ccccc1. The molecule has 0 aliphatic carbocycles. The maximum Gasteiger partial charge on any atom is 0.217 e. The highest BCUT2D eigenvalue weighted by Crippen LogP contribution is 2.01. The molecule has 3 heteroatoms. The molecule has 14 heavy (non-hydrogen) atoms. The average Bonchev–Trinajstić information content (AvgIpc) is 2.17. The molecule has 0 bridgehead atoms. The molecule has 0 aromatic heterocycles. The Bertz CT molecular complexity index is 308. The molecular weight excluding hydrogens is 178 g/mol. The number of aldehydes is 1. The van der Waals surface area contributed by atoms with E-state index in [-0.39, 0.29) is 5.91 Å². The Morgan fingerprint density at radius 2 is 2.07 bits per heavy atom. The van der Waals surface area contributed by atoms with Gasteiger partial charge < -0.3 is 10.1 Å². The van der Waals surface area contributed by atoms with E-state index in [0.29, 0.717) is 6.42 Å². The molecule has 1 unspecified atom stereocenters. The summed E-state index contributed by atoms with van der Waals surface area (Å²) in [6.07, 6.45) is 1.30. The van der Waals surface area contributed by atoms with Crippen LogP contribution >= 0.6 is 0 Å².